The van der Waals surface area contributed by atoms with Gasteiger partial charge in [0.1, 0.15) is 18.7 Å². The van der Waals surface area contributed by atoms with E-state index in [1.165, 1.54) is 61.4 Å². The number of hydrogen-bond acceptors (Lipinski definition) is 11. The van der Waals surface area contributed by atoms with Crippen molar-refractivity contribution >= 4 is 43.0 Å². The van der Waals surface area contributed by atoms with Crippen LogP contribution in [0.15, 0.2) is 91.6 Å². The first-order valence-electron chi connectivity index (χ1n) is 18.6. The van der Waals surface area contributed by atoms with Crippen LogP contribution < -0.4 is 0 Å². The molecule has 3 aromatic heterocycles. The molecule has 0 amide bonds. The van der Waals surface area contributed by atoms with Crippen LogP contribution in [0.2, 0.25) is 25.7 Å². The third kappa shape index (κ3) is 11.7. The van der Waals surface area contributed by atoms with Crippen LogP contribution in [0.4, 0.5) is 0 Å². The predicted molar refractivity (Wildman–Crippen MR) is 210 cm³/mol. The lowest BCUT2D eigenvalue weighted by molar-refractivity contribution is -0.166. The van der Waals surface area contributed by atoms with E-state index >= 15 is 0 Å². The Kier molecular flexibility index (Phi) is 14.4. The molecular formula is C41H46N6O9Si. The predicted octanol–water partition coefficient (Wildman–Crippen LogP) is 6.54. The number of aliphatic carboxylic acids is 2. The molecule has 57 heavy (non-hydrogen) atoms. The Morgan fingerprint density at radius 3 is 1.98 bits per heavy atom. The third-order valence-corrected chi connectivity index (χ3v) is 11.2. The Balaban J connectivity index is 0.000000221. The van der Waals surface area contributed by atoms with Gasteiger partial charge in [0.05, 0.1) is 41.5 Å². The van der Waals surface area contributed by atoms with Crippen molar-refractivity contribution in [1.29, 1.82) is 5.26 Å². The number of benzene rings is 2. The Hall–Kier alpha value is -6.18. The van der Waals surface area contributed by atoms with E-state index in [-0.39, 0.29) is 17.0 Å². The van der Waals surface area contributed by atoms with E-state index in [0.29, 0.717) is 19.2 Å². The zero-order chi connectivity index (χ0) is 41.0. The van der Waals surface area contributed by atoms with Crippen molar-refractivity contribution in [2.45, 2.75) is 76.9 Å². The van der Waals surface area contributed by atoms with Crippen LogP contribution in [0.25, 0.3) is 22.3 Å². The Labute approximate surface area is 330 Å². The molecule has 0 bridgehead atoms. The Morgan fingerprint density at radius 2 is 1.46 bits per heavy atom. The molecule has 1 aliphatic carbocycles. The zero-order valence-corrected chi connectivity index (χ0v) is 33.1. The second-order valence-electron chi connectivity index (χ2n) is 14.9. The summed E-state index contributed by atoms with van der Waals surface area (Å²) < 4.78 is 19.4. The fourth-order valence-corrected chi connectivity index (χ4v) is 7.08. The van der Waals surface area contributed by atoms with Gasteiger partial charge in [-0.05, 0) is 55.1 Å². The molecule has 3 atom stereocenters. The van der Waals surface area contributed by atoms with Crippen molar-refractivity contribution < 1.29 is 43.6 Å². The average molecular weight is 795 g/mol. The number of aromatic nitrogens is 5. The van der Waals surface area contributed by atoms with Crippen LogP contribution in [0.5, 0.6) is 0 Å². The van der Waals surface area contributed by atoms with Crippen LogP contribution in [-0.4, -0.2) is 85.3 Å². The zero-order valence-electron chi connectivity index (χ0n) is 32.1. The lowest BCUT2D eigenvalue weighted by Crippen LogP contribution is -2.45. The normalized spacial score (nSPS) is 14.4. The topological polar surface area (TPSA) is 209 Å². The van der Waals surface area contributed by atoms with Crippen LogP contribution in [0.3, 0.4) is 0 Å². The van der Waals surface area contributed by atoms with Crippen molar-refractivity contribution in [2.75, 3.05) is 6.61 Å². The summed E-state index contributed by atoms with van der Waals surface area (Å²) in [5.74, 6) is -5.11. The van der Waals surface area contributed by atoms with Gasteiger partial charge in [0.25, 0.3) is 0 Å². The number of ether oxygens (including phenoxy) is 3. The highest BCUT2D eigenvalue weighted by molar-refractivity contribution is 6.76. The molecule has 2 N–H and O–H groups in total. The largest absolute Gasteiger partial charge is 0.478 e. The number of carbonyl (C=O) groups excluding carboxylic acids is 2. The molecule has 16 heteroatoms. The quantitative estimate of drug-likeness (QED) is 0.0618. The molecule has 6 rings (SSSR count). The molecule has 1 fully saturated rings. The molecule has 0 saturated heterocycles. The number of fused-ring (bicyclic) bond motifs is 1. The van der Waals surface area contributed by atoms with E-state index in [1.807, 2.05) is 33.9 Å². The van der Waals surface area contributed by atoms with Gasteiger partial charge >= 0.3 is 23.9 Å². The molecule has 0 spiro atoms. The molecular weight excluding hydrogens is 749 g/mol. The maximum Gasteiger partial charge on any atom is 0.349 e. The van der Waals surface area contributed by atoms with E-state index in [1.54, 1.807) is 18.5 Å². The van der Waals surface area contributed by atoms with Crippen molar-refractivity contribution in [1.82, 2.24) is 24.3 Å². The van der Waals surface area contributed by atoms with E-state index in [2.05, 4.69) is 40.8 Å². The molecule has 5 aromatic rings. The van der Waals surface area contributed by atoms with Crippen LogP contribution in [-0.2, 0) is 37.1 Å². The lowest BCUT2D eigenvalue weighted by Gasteiger charge is -2.21. The van der Waals surface area contributed by atoms with Gasteiger partial charge in [0, 0.05) is 38.0 Å². The monoisotopic (exact) mass is 794 g/mol. The Bertz CT molecular complexity index is 2100. The van der Waals surface area contributed by atoms with Gasteiger partial charge in [-0.25, -0.2) is 29.1 Å². The first-order valence-corrected chi connectivity index (χ1v) is 22.3. The van der Waals surface area contributed by atoms with Crippen LogP contribution in [0.1, 0.15) is 46.4 Å². The maximum absolute atomic E-state index is 12.0. The minimum atomic E-state index is -2.21. The van der Waals surface area contributed by atoms with Crippen molar-refractivity contribution in [3.05, 3.63) is 103 Å². The van der Waals surface area contributed by atoms with Crippen LogP contribution in [0, 0.1) is 23.2 Å². The summed E-state index contributed by atoms with van der Waals surface area (Å²) in [7, 11) is -1.10. The molecule has 298 valence electrons. The molecule has 3 heterocycles. The summed E-state index contributed by atoms with van der Waals surface area (Å²) in [6.07, 6.45) is 7.82. The number of carbonyl (C=O) groups is 4. The SMILES string of the molecule is C[Si](C)(C)CCOCn1ccc2c(-c3cnn(CC(C#N)C4CCCC4)c3)ncnc21.O=C(O[C@H](C(=O)O)[C@@H](OC(=O)c1ccccc1)C(=O)O)c1ccccc1. The van der Waals surface area contributed by atoms with Crippen molar-refractivity contribution in [3.63, 3.8) is 0 Å². The summed E-state index contributed by atoms with van der Waals surface area (Å²) in [5.41, 5.74) is 2.74. The number of esters is 2. The summed E-state index contributed by atoms with van der Waals surface area (Å²) in [5, 5.41) is 33.6. The summed E-state index contributed by atoms with van der Waals surface area (Å²) in [4.78, 5) is 55.9. The minimum Gasteiger partial charge on any atom is -0.478 e. The highest BCUT2D eigenvalue weighted by atomic mass is 28.3. The second kappa shape index (κ2) is 19.6. The maximum atomic E-state index is 12.0. The van der Waals surface area contributed by atoms with Crippen molar-refractivity contribution in [2.24, 2.45) is 11.8 Å². The smallest absolute Gasteiger partial charge is 0.349 e. The van der Waals surface area contributed by atoms with Gasteiger partial charge in [0.15, 0.2) is 0 Å². The number of nitrogens with zero attached hydrogens (tertiary/aromatic N) is 6. The molecule has 2 aromatic carbocycles. The fourth-order valence-electron chi connectivity index (χ4n) is 6.32. The first kappa shape index (κ1) is 42.0. The number of hydrogen-bond donors (Lipinski definition) is 2. The average Bonchev–Trinajstić information content (AvgIpc) is 3.99. The standard InChI is InChI=1S/C23H32N6OSi.C18H14O8/c1-31(2,3)11-10-30-17-28-9-8-21-22(25-16-26-23(21)28)20-13-27-29(15-20)14-19(12-24)18-6-4-5-7-18;19-15(20)13(25-17(23)11-7-3-1-4-8-11)14(16(21)22)26-18(24)12-9-5-2-6-10-12/h8-9,13,15-16,18-19H,4-7,10-11,14,17H2,1-3H3;1-10,13-14H,(H,19,20)(H,21,22)/t;13-,14+. The number of nitriles is 1. The van der Waals surface area contributed by atoms with E-state index in [9.17, 15) is 34.7 Å². The van der Waals surface area contributed by atoms with Gasteiger partial charge in [-0.3, -0.25) is 4.68 Å². The van der Waals surface area contributed by atoms with Gasteiger partial charge in [-0.1, -0.05) is 68.9 Å². The van der Waals surface area contributed by atoms with Gasteiger partial charge in [0.2, 0.25) is 12.2 Å². The van der Waals surface area contributed by atoms with Crippen molar-refractivity contribution in [3.8, 4) is 17.3 Å². The minimum absolute atomic E-state index is 0.0232. The second-order valence-corrected chi connectivity index (χ2v) is 20.5. The number of rotatable bonds is 16. The lowest BCUT2D eigenvalue weighted by atomic mass is 9.92. The van der Waals surface area contributed by atoms with Gasteiger partial charge in [-0.15, -0.1) is 0 Å². The molecule has 0 radical (unpaired) electrons. The van der Waals surface area contributed by atoms with E-state index < -0.39 is 44.2 Å². The van der Waals surface area contributed by atoms with E-state index in [4.69, 9.17) is 14.2 Å². The first-order chi connectivity index (χ1) is 27.3. The number of carboxylic acids is 2. The molecule has 1 unspecified atom stereocenters. The Morgan fingerprint density at radius 1 is 0.877 bits per heavy atom. The highest BCUT2D eigenvalue weighted by Crippen LogP contribution is 2.32. The van der Waals surface area contributed by atoms with Gasteiger partial charge < -0.3 is 29.0 Å². The third-order valence-electron chi connectivity index (χ3n) is 9.46. The number of carboxylic acid groups (broad SMARTS) is 2. The summed E-state index contributed by atoms with van der Waals surface area (Å²) in [6, 6.07) is 20.5. The van der Waals surface area contributed by atoms with Crippen LogP contribution >= 0.6 is 0 Å². The molecule has 0 aliphatic heterocycles. The fraction of sp³-hybridized carbons (Fsp3) is 0.366. The molecule has 15 nitrogen and oxygen atoms in total. The van der Waals surface area contributed by atoms with E-state index in [0.717, 1.165) is 47.8 Å². The molecule has 1 saturated carbocycles. The highest BCUT2D eigenvalue weighted by Gasteiger charge is 2.41. The molecule has 1 aliphatic rings. The summed E-state index contributed by atoms with van der Waals surface area (Å²) in [6.45, 7) is 8.98. The van der Waals surface area contributed by atoms with Gasteiger partial charge in [-0.2, -0.15) is 10.4 Å². The summed E-state index contributed by atoms with van der Waals surface area (Å²) >= 11 is 0.